The van der Waals surface area contributed by atoms with Gasteiger partial charge in [0.1, 0.15) is 0 Å². The third kappa shape index (κ3) is 3.02. The minimum atomic E-state index is -0.374. The molecule has 3 aromatic rings. The van der Waals surface area contributed by atoms with Crippen LogP contribution in [0.1, 0.15) is 0 Å². The number of fused-ring (bicyclic) bond motifs is 1. The standard InChI is InChI=1S/C17H22N6O2/c1-20(2)13-7-5-6-12(10-13)18-8-9-23-11-19-15-14(23)16(24)22(4)17(25)21(15)3/h5-7,10-11,18H,8-9H2,1-4H3. The summed E-state index contributed by atoms with van der Waals surface area (Å²) in [5.74, 6) is 0. The van der Waals surface area contributed by atoms with Gasteiger partial charge in [0.2, 0.25) is 0 Å². The van der Waals surface area contributed by atoms with Crippen molar-refractivity contribution in [2.45, 2.75) is 6.54 Å². The van der Waals surface area contributed by atoms with Gasteiger partial charge in [-0.05, 0) is 18.2 Å². The Labute approximate surface area is 144 Å². The number of nitrogens with one attached hydrogen (secondary N) is 1. The highest BCUT2D eigenvalue weighted by Crippen LogP contribution is 2.17. The second kappa shape index (κ2) is 6.46. The molecular formula is C17H22N6O2. The number of rotatable bonds is 5. The van der Waals surface area contributed by atoms with Gasteiger partial charge in [-0.25, -0.2) is 9.78 Å². The van der Waals surface area contributed by atoms with Crippen molar-refractivity contribution < 1.29 is 0 Å². The van der Waals surface area contributed by atoms with Crippen molar-refractivity contribution in [2.24, 2.45) is 14.1 Å². The van der Waals surface area contributed by atoms with Crippen LogP contribution in [0.25, 0.3) is 11.2 Å². The van der Waals surface area contributed by atoms with Crippen LogP contribution in [0, 0.1) is 0 Å². The van der Waals surface area contributed by atoms with Crippen molar-refractivity contribution in [1.29, 1.82) is 0 Å². The Bertz CT molecular complexity index is 1030. The maximum atomic E-state index is 12.4. The van der Waals surface area contributed by atoms with E-state index in [9.17, 15) is 9.59 Å². The molecular weight excluding hydrogens is 320 g/mol. The molecule has 3 rings (SSSR count). The van der Waals surface area contributed by atoms with Crippen LogP contribution < -0.4 is 21.5 Å². The smallest absolute Gasteiger partial charge is 0.332 e. The van der Waals surface area contributed by atoms with Crippen molar-refractivity contribution in [3.63, 3.8) is 0 Å². The summed E-state index contributed by atoms with van der Waals surface area (Å²) in [6, 6.07) is 8.10. The van der Waals surface area contributed by atoms with Crippen LogP contribution in [0.5, 0.6) is 0 Å². The van der Waals surface area contributed by atoms with Crippen LogP contribution in [-0.2, 0) is 20.6 Å². The Balaban J connectivity index is 1.82. The van der Waals surface area contributed by atoms with Crippen LogP contribution >= 0.6 is 0 Å². The van der Waals surface area contributed by atoms with Gasteiger partial charge in [0.05, 0.1) is 6.33 Å². The van der Waals surface area contributed by atoms with Crippen molar-refractivity contribution in [1.82, 2.24) is 18.7 Å². The van der Waals surface area contributed by atoms with Crippen molar-refractivity contribution in [3.05, 3.63) is 51.4 Å². The lowest BCUT2D eigenvalue weighted by Gasteiger charge is -2.14. The predicted octanol–water partition coefficient (Wildman–Crippen LogP) is 0.612. The first-order chi connectivity index (χ1) is 11.9. The fraction of sp³-hybridized carbons (Fsp3) is 0.353. The van der Waals surface area contributed by atoms with E-state index in [4.69, 9.17) is 0 Å². The van der Waals surface area contributed by atoms with Crippen LogP contribution in [-0.4, -0.2) is 39.3 Å². The van der Waals surface area contributed by atoms with Gasteiger partial charge in [0.25, 0.3) is 5.56 Å². The highest BCUT2D eigenvalue weighted by Gasteiger charge is 2.13. The molecule has 1 N–H and O–H groups in total. The SMILES string of the molecule is CN(C)c1cccc(NCCn2cnc3c2c(=O)n(C)c(=O)n3C)c1. The van der Waals surface area contributed by atoms with E-state index in [1.807, 2.05) is 37.2 Å². The van der Waals surface area contributed by atoms with E-state index in [0.29, 0.717) is 24.3 Å². The summed E-state index contributed by atoms with van der Waals surface area (Å²) < 4.78 is 4.27. The van der Waals surface area contributed by atoms with E-state index < -0.39 is 0 Å². The second-order valence-electron chi connectivity index (χ2n) is 6.19. The molecule has 1 aromatic carbocycles. The third-order valence-corrected chi connectivity index (χ3v) is 4.26. The van der Waals surface area contributed by atoms with E-state index >= 15 is 0 Å². The predicted molar refractivity (Wildman–Crippen MR) is 99.5 cm³/mol. The summed E-state index contributed by atoms with van der Waals surface area (Å²) in [7, 11) is 7.09. The summed E-state index contributed by atoms with van der Waals surface area (Å²) in [5, 5.41) is 3.35. The molecule has 0 spiro atoms. The zero-order valence-electron chi connectivity index (χ0n) is 14.9. The fourth-order valence-corrected chi connectivity index (χ4v) is 2.78. The maximum absolute atomic E-state index is 12.4. The molecule has 132 valence electrons. The van der Waals surface area contributed by atoms with E-state index in [0.717, 1.165) is 15.9 Å². The molecule has 8 heteroatoms. The number of benzene rings is 1. The Morgan fingerprint density at radius 2 is 1.92 bits per heavy atom. The summed E-state index contributed by atoms with van der Waals surface area (Å²) in [5.41, 5.74) is 2.26. The molecule has 2 aromatic heterocycles. The molecule has 0 unspecified atom stereocenters. The number of aryl methyl sites for hydroxylation is 1. The lowest BCUT2D eigenvalue weighted by atomic mass is 10.2. The molecule has 25 heavy (non-hydrogen) atoms. The molecule has 2 heterocycles. The van der Waals surface area contributed by atoms with E-state index in [1.165, 1.54) is 11.6 Å². The molecule has 0 aliphatic heterocycles. The summed E-state index contributed by atoms with van der Waals surface area (Å²) >= 11 is 0. The quantitative estimate of drug-likeness (QED) is 0.735. The molecule has 0 saturated heterocycles. The number of imidazole rings is 1. The normalized spacial score (nSPS) is 11.0. The van der Waals surface area contributed by atoms with Crippen LogP contribution in [0.2, 0.25) is 0 Å². The Morgan fingerprint density at radius 3 is 2.64 bits per heavy atom. The molecule has 0 saturated carbocycles. The first-order valence-electron chi connectivity index (χ1n) is 8.02. The Morgan fingerprint density at radius 1 is 1.16 bits per heavy atom. The van der Waals surface area contributed by atoms with Gasteiger partial charge in [0.15, 0.2) is 11.2 Å². The lowest BCUT2D eigenvalue weighted by molar-refractivity contribution is 0.695. The molecule has 0 radical (unpaired) electrons. The van der Waals surface area contributed by atoms with Gasteiger partial charge in [-0.2, -0.15) is 0 Å². The molecule has 0 aliphatic rings. The summed E-state index contributed by atoms with van der Waals surface area (Å²) in [6.45, 7) is 1.20. The van der Waals surface area contributed by atoms with Gasteiger partial charge < -0.3 is 14.8 Å². The summed E-state index contributed by atoms with van der Waals surface area (Å²) in [4.78, 5) is 30.6. The Kier molecular flexibility index (Phi) is 4.35. The number of nitrogens with zero attached hydrogens (tertiary/aromatic N) is 5. The molecule has 0 amide bonds. The summed E-state index contributed by atoms with van der Waals surface area (Å²) in [6.07, 6.45) is 1.60. The van der Waals surface area contributed by atoms with E-state index in [2.05, 4.69) is 16.4 Å². The highest BCUT2D eigenvalue weighted by atomic mass is 16.2. The lowest BCUT2D eigenvalue weighted by Crippen LogP contribution is -2.37. The minimum absolute atomic E-state index is 0.329. The average Bonchev–Trinajstić information content (AvgIpc) is 3.02. The van der Waals surface area contributed by atoms with Gasteiger partial charge >= 0.3 is 5.69 Å². The first kappa shape index (κ1) is 16.8. The van der Waals surface area contributed by atoms with Gasteiger partial charge in [-0.15, -0.1) is 0 Å². The van der Waals surface area contributed by atoms with Crippen LogP contribution in [0.4, 0.5) is 11.4 Å². The highest BCUT2D eigenvalue weighted by molar-refractivity contribution is 5.70. The Hall–Kier alpha value is -3.03. The molecule has 8 nitrogen and oxygen atoms in total. The minimum Gasteiger partial charge on any atom is -0.383 e. The number of anilines is 2. The number of hydrogen-bond donors (Lipinski definition) is 1. The monoisotopic (exact) mass is 342 g/mol. The van der Waals surface area contributed by atoms with Crippen molar-refractivity contribution >= 4 is 22.5 Å². The molecule has 0 atom stereocenters. The second-order valence-corrected chi connectivity index (χ2v) is 6.19. The number of hydrogen-bond acceptors (Lipinski definition) is 5. The van der Waals surface area contributed by atoms with Gasteiger partial charge in [0, 0.05) is 52.7 Å². The van der Waals surface area contributed by atoms with Gasteiger partial charge in [-0.3, -0.25) is 13.9 Å². The largest absolute Gasteiger partial charge is 0.383 e. The third-order valence-electron chi connectivity index (χ3n) is 4.26. The van der Waals surface area contributed by atoms with Crippen LogP contribution in [0.3, 0.4) is 0 Å². The topological polar surface area (TPSA) is 77.1 Å². The van der Waals surface area contributed by atoms with Crippen LogP contribution in [0.15, 0.2) is 40.2 Å². The zero-order chi connectivity index (χ0) is 18.1. The maximum Gasteiger partial charge on any atom is 0.332 e. The average molecular weight is 342 g/mol. The zero-order valence-corrected chi connectivity index (χ0v) is 14.9. The van der Waals surface area contributed by atoms with Crippen molar-refractivity contribution in [2.75, 3.05) is 30.9 Å². The van der Waals surface area contributed by atoms with Gasteiger partial charge in [-0.1, -0.05) is 6.07 Å². The molecule has 0 bridgehead atoms. The first-order valence-corrected chi connectivity index (χ1v) is 8.02. The molecule has 0 aliphatic carbocycles. The van der Waals surface area contributed by atoms with E-state index in [1.54, 1.807) is 17.9 Å². The molecule has 0 fully saturated rings. The fourth-order valence-electron chi connectivity index (χ4n) is 2.78. The number of aromatic nitrogens is 4. The van der Waals surface area contributed by atoms with E-state index in [-0.39, 0.29) is 11.2 Å². The van der Waals surface area contributed by atoms with Crippen molar-refractivity contribution in [3.8, 4) is 0 Å².